The van der Waals surface area contributed by atoms with Gasteiger partial charge in [-0.25, -0.2) is 4.98 Å². The summed E-state index contributed by atoms with van der Waals surface area (Å²) >= 11 is 12.0. The second kappa shape index (κ2) is 4.33. The van der Waals surface area contributed by atoms with Gasteiger partial charge in [-0.1, -0.05) is 23.2 Å². The van der Waals surface area contributed by atoms with Crippen molar-refractivity contribution in [2.45, 2.75) is 0 Å². The van der Waals surface area contributed by atoms with E-state index in [4.69, 9.17) is 28.9 Å². The van der Waals surface area contributed by atoms with Crippen LogP contribution in [0.4, 0.5) is 5.69 Å². The molecular formula is C13H9Cl2N3O. The molecule has 0 fully saturated rings. The number of aromatic amines is 1. The van der Waals surface area contributed by atoms with Crippen LogP contribution in [0.3, 0.4) is 0 Å². The number of aromatic nitrogens is 2. The average molecular weight is 294 g/mol. The maximum atomic E-state index is 9.43. The standard InChI is InChI=1S/C13H9Cl2N3O/c14-8-3-6(4-9(15)12(8)16)13-17-10-2-1-7(19)5-11(10)18-13/h1-5,19H,16H2,(H,17,18). The first-order valence-electron chi connectivity index (χ1n) is 5.48. The van der Waals surface area contributed by atoms with Crippen molar-refractivity contribution in [1.29, 1.82) is 0 Å². The number of imidazole rings is 1. The fraction of sp³-hybridized carbons (Fsp3) is 0. The van der Waals surface area contributed by atoms with E-state index in [0.717, 1.165) is 16.6 Å². The molecular weight excluding hydrogens is 285 g/mol. The summed E-state index contributed by atoms with van der Waals surface area (Å²) in [5.41, 5.74) is 8.26. The van der Waals surface area contributed by atoms with Gasteiger partial charge in [0.05, 0.1) is 26.8 Å². The van der Waals surface area contributed by atoms with Crippen LogP contribution in [0.25, 0.3) is 22.4 Å². The first kappa shape index (κ1) is 12.1. The van der Waals surface area contributed by atoms with Crippen LogP contribution in [-0.2, 0) is 0 Å². The quantitative estimate of drug-likeness (QED) is 0.597. The summed E-state index contributed by atoms with van der Waals surface area (Å²) in [6.07, 6.45) is 0. The second-order valence-electron chi connectivity index (χ2n) is 4.14. The van der Waals surface area contributed by atoms with Crippen molar-refractivity contribution in [3.05, 3.63) is 40.4 Å². The number of hydrogen-bond acceptors (Lipinski definition) is 3. The minimum atomic E-state index is 0.177. The van der Waals surface area contributed by atoms with Gasteiger partial charge >= 0.3 is 0 Å². The van der Waals surface area contributed by atoms with Crippen molar-refractivity contribution in [2.24, 2.45) is 0 Å². The van der Waals surface area contributed by atoms with Crippen molar-refractivity contribution in [3.63, 3.8) is 0 Å². The molecule has 1 aromatic heterocycles. The van der Waals surface area contributed by atoms with E-state index < -0.39 is 0 Å². The van der Waals surface area contributed by atoms with Crippen LogP contribution in [0.5, 0.6) is 5.75 Å². The van der Waals surface area contributed by atoms with Gasteiger partial charge in [0.1, 0.15) is 11.6 Å². The highest BCUT2D eigenvalue weighted by Gasteiger charge is 2.10. The lowest BCUT2D eigenvalue weighted by Gasteiger charge is -2.03. The van der Waals surface area contributed by atoms with Gasteiger partial charge < -0.3 is 15.8 Å². The fourth-order valence-corrected chi connectivity index (χ4v) is 2.34. The molecule has 1 heterocycles. The molecule has 0 spiro atoms. The van der Waals surface area contributed by atoms with Crippen LogP contribution >= 0.6 is 23.2 Å². The lowest BCUT2D eigenvalue weighted by atomic mass is 10.2. The highest BCUT2D eigenvalue weighted by Crippen LogP contribution is 2.33. The summed E-state index contributed by atoms with van der Waals surface area (Å²) in [5.74, 6) is 0.792. The van der Waals surface area contributed by atoms with Gasteiger partial charge in [0.2, 0.25) is 0 Å². The molecule has 4 N–H and O–H groups in total. The third-order valence-corrected chi connectivity index (χ3v) is 3.44. The van der Waals surface area contributed by atoms with Crippen molar-refractivity contribution >= 4 is 39.9 Å². The summed E-state index contributed by atoms with van der Waals surface area (Å²) < 4.78 is 0. The van der Waals surface area contributed by atoms with E-state index in [1.807, 2.05) is 0 Å². The molecule has 6 heteroatoms. The SMILES string of the molecule is Nc1c(Cl)cc(-c2nc3ccc(O)cc3[nH]2)cc1Cl. The number of aromatic hydroxyl groups is 1. The molecule has 3 rings (SSSR count). The molecule has 0 radical (unpaired) electrons. The number of nitrogens with zero attached hydrogens (tertiary/aromatic N) is 1. The van der Waals surface area contributed by atoms with Gasteiger partial charge in [0.15, 0.2) is 0 Å². The number of H-pyrrole nitrogens is 1. The van der Waals surface area contributed by atoms with Crippen molar-refractivity contribution in [1.82, 2.24) is 9.97 Å². The largest absolute Gasteiger partial charge is 0.508 e. The summed E-state index contributed by atoms with van der Waals surface area (Å²) in [6, 6.07) is 8.30. The Morgan fingerprint density at radius 3 is 2.47 bits per heavy atom. The molecule has 0 bridgehead atoms. The number of benzene rings is 2. The molecule has 0 amide bonds. The molecule has 96 valence electrons. The molecule has 0 atom stereocenters. The summed E-state index contributed by atoms with van der Waals surface area (Å²) in [5, 5.41) is 10.2. The van der Waals surface area contributed by atoms with E-state index in [0.29, 0.717) is 21.6 Å². The number of phenolic OH excluding ortho intramolecular Hbond substituents is 1. The number of rotatable bonds is 1. The summed E-state index contributed by atoms with van der Waals surface area (Å²) in [7, 11) is 0. The topological polar surface area (TPSA) is 74.9 Å². The van der Waals surface area contributed by atoms with E-state index in [9.17, 15) is 5.11 Å². The first-order valence-corrected chi connectivity index (χ1v) is 6.24. The van der Waals surface area contributed by atoms with Gasteiger partial charge in [-0.2, -0.15) is 0 Å². The lowest BCUT2D eigenvalue weighted by molar-refractivity contribution is 0.476. The van der Waals surface area contributed by atoms with E-state index in [1.54, 1.807) is 30.3 Å². The smallest absolute Gasteiger partial charge is 0.138 e. The monoisotopic (exact) mass is 293 g/mol. The highest BCUT2D eigenvalue weighted by molar-refractivity contribution is 6.39. The van der Waals surface area contributed by atoms with Gasteiger partial charge in [0.25, 0.3) is 0 Å². The van der Waals surface area contributed by atoms with Crippen LogP contribution in [0.1, 0.15) is 0 Å². The lowest BCUT2D eigenvalue weighted by Crippen LogP contribution is -1.89. The normalized spacial score (nSPS) is 11.1. The zero-order chi connectivity index (χ0) is 13.6. The molecule has 0 aliphatic heterocycles. The third-order valence-electron chi connectivity index (χ3n) is 2.82. The van der Waals surface area contributed by atoms with Crippen LogP contribution in [-0.4, -0.2) is 15.1 Å². The van der Waals surface area contributed by atoms with Crippen LogP contribution in [0.15, 0.2) is 30.3 Å². The minimum Gasteiger partial charge on any atom is -0.508 e. The molecule has 0 unspecified atom stereocenters. The molecule has 19 heavy (non-hydrogen) atoms. The summed E-state index contributed by atoms with van der Waals surface area (Å²) in [6.45, 7) is 0. The molecule has 4 nitrogen and oxygen atoms in total. The molecule has 0 aliphatic rings. The van der Waals surface area contributed by atoms with E-state index in [-0.39, 0.29) is 5.75 Å². The van der Waals surface area contributed by atoms with Crippen molar-refractivity contribution in [2.75, 3.05) is 5.73 Å². The predicted molar refractivity (Wildman–Crippen MR) is 77.6 cm³/mol. The van der Waals surface area contributed by atoms with Crippen LogP contribution < -0.4 is 5.73 Å². The Balaban J connectivity index is 2.19. The van der Waals surface area contributed by atoms with E-state index in [1.165, 1.54) is 0 Å². The Kier molecular flexibility index (Phi) is 2.77. The number of nitrogens with two attached hydrogens (primary N) is 1. The van der Waals surface area contributed by atoms with Gasteiger partial charge in [-0.05, 0) is 24.3 Å². The Hall–Kier alpha value is -1.91. The van der Waals surface area contributed by atoms with Gasteiger partial charge in [-0.15, -0.1) is 0 Å². The number of anilines is 1. The number of fused-ring (bicyclic) bond motifs is 1. The first-order chi connectivity index (χ1) is 9.04. The number of nitrogen functional groups attached to an aromatic ring is 1. The Labute approximate surface area is 118 Å². The molecule has 0 saturated heterocycles. The minimum absolute atomic E-state index is 0.177. The molecule has 2 aromatic carbocycles. The summed E-state index contributed by atoms with van der Waals surface area (Å²) in [4.78, 5) is 7.51. The van der Waals surface area contributed by atoms with Crippen LogP contribution in [0, 0.1) is 0 Å². The van der Waals surface area contributed by atoms with Gasteiger partial charge in [0, 0.05) is 11.6 Å². The van der Waals surface area contributed by atoms with E-state index in [2.05, 4.69) is 9.97 Å². The maximum absolute atomic E-state index is 9.43. The van der Waals surface area contributed by atoms with Crippen molar-refractivity contribution < 1.29 is 5.11 Å². The maximum Gasteiger partial charge on any atom is 0.138 e. The second-order valence-corrected chi connectivity index (χ2v) is 4.95. The molecule has 0 saturated carbocycles. The third kappa shape index (κ3) is 2.09. The molecule has 0 aliphatic carbocycles. The number of phenols is 1. The fourth-order valence-electron chi connectivity index (χ4n) is 1.86. The van der Waals surface area contributed by atoms with E-state index >= 15 is 0 Å². The zero-order valence-corrected chi connectivity index (χ0v) is 11.1. The van der Waals surface area contributed by atoms with Crippen molar-refractivity contribution in [3.8, 4) is 17.1 Å². The predicted octanol–water partition coefficient (Wildman–Crippen LogP) is 3.82. The zero-order valence-electron chi connectivity index (χ0n) is 9.61. The average Bonchev–Trinajstić information content (AvgIpc) is 2.78. The van der Waals surface area contributed by atoms with Gasteiger partial charge in [-0.3, -0.25) is 0 Å². The highest BCUT2D eigenvalue weighted by atomic mass is 35.5. The Bertz CT molecular complexity index is 760. The number of nitrogens with one attached hydrogen (secondary N) is 1. The Morgan fingerprint density at radius 2 is 1.79 bits per heavy atom. The van der Waals surface area contributed by atoms with Crippen LogP contribution in [0.2, 0.25) is 10.0 Å². The Morgan fingerprint density at radius 1 is 1.11 bits per heavy atom. The number of hydrogen-bond donors (Lipinski definition) is 3. The molecule has 3 aromatic rings. The number of halogens is 2.